The van der Waals surface area contributed by atoms with Crippen LogP contribution in [-0.4, -0.2) is 58.7 Å². The van der Waals surface area contributed by atoms with E-state index in [0.717, 1.165) is 5.56 Å². The van der Waals surface area contributed by atoms with Gasteiger partial charge in [-0.25, -0.2) is 4.79 Å². The highest BCUT2D eigenvalue weighted by Crippen LogP contribution is 2.46. The first-order valence-electron chi connectivity index (χ1n) is 10.6. The molecule has 0 aliphatic carbocycles. The summed E-state index contributed by atoms with van der Waals surface area (Å²) >= 11 is 6.00. The number of carbonyl (C=O) groups excluding carboxylic acids is 2. The molecule has 1 unspecified atom stereocenters. The first-order valence-corrected chi connectivity index (χ1v) is 11.0. The summed E-state index contributed by atoms with van der Waals surface area (Å²) in [6.45, 7) is 11.3. The number of piperidine rings is 1. The molecule has 1 N–H and O–H groups in total. The topological polar surface area (TPSA) is 70.1 Å². The van der Waals surface area contributed by atoms with Crippen LogP contribution in [0.3, 0.4) is 0 Å². The van der Waals surface area contributed by atoms with E-state index in [4.69, 9.17) is 16.3 Å². The Hall–Kier alpha value is -1.79. The van der Waals surface area contributed by atoms with Crippen LogP contribution in [0.2, 0.25) is 5.02 Å². The van der Waals surface area contributed by atoms with Gasteiger partial charge in [0.15, 0.2) is 0 Å². The van der Waals surface area contributed by atoms with Gasteiger partial charge in [-0.15, -0.1) is 0 Å². The summed E-state index contributed by atoms with van der Waals surface area (Å²) in [6.07, 6.45) is 0.723. The zero-order valence-corrected chi connectivity index (χ0v) is 19.3. The van der Waals surface area contributed by atoms with Gasteiger partial charge in [-0.05, 0) is 51.3 Å². The van der Waals surface area contributed by atoms with Gasteiger partial charge in [-0.1, -0.05) is 37.6 Å². The van der Waals surface area contributed by atoms with Crippen LogP contribution in [0.5, 0.6) is 0 Å². The molecule has 0 radical (unpaired) electrons. The Labute approximate surface area is 184 Å². The van der Waals surface area contributed by atoms with Crippen molar-refractivity contribution >= 4 is 23.6 Å². The molecule has 0 spiro atoms. The maximum Gasteiger partial charge on any atom is 0.410 e. The third-order valence-corrected chi connectivity index (χ3v) is 6.52. The summed E-state index contributed by atoms with van der Waals surface area (Å²) in [5, 5.41) is 12.1. The maximum atomic E-state index is 13.2. The van der Waals surface area contributed by atoms with E-state index in [1.807, 2.05) is 51.7 Å². The standard InChI is InChI=1S/C23H33ClN2O4/c1-21(2,3)30-20(28)25-12-10-16(14-25)19(27)26-13-11-23(29,22(4,5)15-26)17-6-8-18(24)9-7-17/h6-9,16,29H,10-15H2,1-5H3/t16?,23-/m0/s1. The lowest BCUT2D eigenvalue weighted by Crippen LogP contribution is -2.57. The van der Waals surface area contributed by atoms with Gasteiger partial charge in [0.25, 0.3) is 0 Å². The normalized spacial score (nSPS) is 26.6. The minimum atomic E-state index is -1.04. The average Bonchev–Trinajstić information content (AvgIpc) is 3.13. The van der Waals surface area contributed by atoms with E-state index in [-0.39, 0.29) is 17.9 Å². The Kier molecular flexibility index (Phi) is 6.14. The molecule has 0 bridgehead atoms. The molecule has 30 heavy (non-hydrogen) atoms. The van der Waals surface area contributed by atoms with Crippen molar-refractivity contribution in [2.75, 3.05) is 26.2 Å². The van der Waals surface area contributed by atoms with E-state index < -0.39 is 16.6 Å². The Morgan fingerprint density at radius 2 is 1.77 bits per heavy atom. The fourth-order valence-corrected chi connectivity index (χ4v) is 4.61. The summed E-state index contributed by atoms with van der Waals surface area (Å²) in [5.41, 5.74) is -1.30. The number of aliphatic hydroxyl groups is 1. The number of nitrogens with zero attached hydrogens (tertiary/aromatic N) is 2. The number of likely N-dealkylation sites (tertiary alicyclic amines) is 2. The summed E-state index contributed by atoms with van der Waals surface area (Å²) in [7, 11) is 0. The monoisotopic (exact) mass is 436 g/mol. The van der Waals surface area contributed by atoms with Gasteiger partial charge in [-0.2, -0.15) is 0 Å². The zero-order chi connectivity index (χ0) is 22.3. The number of benzene rings is 1. The minimum Gasteiger partial charge on any atom is -0.444 e. The smallest absolute Gasteiger partial charge is 0.410 e. The summed E-state index contributed by atoms with van der Waals surface area (Å²) in [5.74, 6) is -0.178. The fraction of sp³-hybridized carbons (Fsp3) is 0.652. The average molecular weight is 437 g/mol. The molecular weight excluding hydrogens is 404 g/mol. The van der Waals surface area contributed by atoms with Crippen molar-refractivity contribution in [2.24, 2.45) is 11.3 Å². The van der Waals surface area contributed by atoms with E-state index in [9.17, 15) is 14.7 Å². The highest BCUT2D eigenvalue weighted by atomic mass is 35.5. The molecule has 6 nitrogen and oxygen atoms in total. The predicted octanol–water partition coefficient (Wildman–Crippen LogP) is 4.04. The van der Waals surface area contributed by atoms with Gasteiger partial charge < -0.3 is 19.6 Å². The molecule has 2 amide bonds. The summed E-state index contributed by atoms with van der Waals surface area (Å²) < 4.78 is 5.43. The highest BCUT2D eigenvalue weighted by molar-refractivity contribution is 6.30. The van der Waals surface area contributed by atoms with Crippen LogP contribution in [0.4, 0.5) is 4.79 Å². The van der Waals surface area contributed by atoms with E-state index in [2.05, 4.69) is 0 Å². The quantitative estimate of drug-likeness (QED) is 0.759. The number of carbonyl (C=O) groups is 2. The molecule has 3 rings (SSSR count). The first-order chi connectivity index (χ1) is 13.8. The number of hydrogen-bond donors (Lipinski definition) is 1. The third-order valence-electron chi connectivity index (χ3n) is 6.27. The number of ether oxygens (including phenoxy) is 1. The lowest BCUT2D eigenvalue weighted by molar-refractivity contribution is -0.156. The van der Waals surface area contributed by atoms with Crippen LogP contribution in [0.1, 0.15) is 53.0 Å². The zero-order valence-electron chi connectivity index (χ0n) is 18.6. The molecule has 2 heterocycles. The molecule has 1 aromatic carbocycles. The second-order valence-corrected chi connectivity index (χ2v) is 10.6. The Morgan fingerprint density at radius 3 is 2.33 bits per heavy atom. The summed E-state index contributed by atoms with van der Waals surface area (Å²) in [6, 6.07) is 7.28. The largest absolute Gasteiger partial charge is 0.444 e. The molecule has 2 atom stereocenters. The maximum absolute atomic E-state index is 13.2. The number of hydrogen-bond acceptors (Lipinski definition) is 4. The Bertz CT molecular complexity index is 802. The predicted molar refractivity (Wildman–Crippen MR) is 116 cm³/mol. The van der Waals surface area contributed by atoms with Crippen molar-refractivity contribution in [3.05, 3.63) is 34.9 Å². The van der Waals surface area contributed by atoms with Gasteiger partial charge in [0.2, 0.25) is 5.91 Å². The van der Waals surface area contributed by atoms with Gasteiger partial charge in [-0.3, -0.25) is 4.79 Å². The van der Waals surface area contributed by atoms with Crippen molar-refractivity contribution in [1.82, 2.24) is 9.80 Å². The molecule has 0 saturated carbocycles. The lowest BCUT2D eigenvalue weighted by Gasteiger charge is -2.51. The molecule has 2 aliphatic rings. The van der Waals surface area contributed by atoms with Crippen molar-refractivity contribution in [3.8, 4) is 0 Å². The number of rotatable bonds is 2. The first kappa shape index (κ1) is 22.9. The number of amides is 2. The van der Waals surface area contributed by atoms with Gasteiger partial charge in [0, 0.05) is 36.6 Å². The van der Waals surface area contributed by atoms with Crippen LogP contribution in [0.15, 0.2) is 24.3 Å². The highest BCUT2D eigenvalue weighted by Gasteiger charge is 2.50. The van der Waals surface area contributed by atoms with Crippen molar-refractivity contribution < 1.29 is 19.4 Å². The lowest BCUT2D eigenvalue weighted by atomic mass is 9.66. The molecule has 1 aromatic rings. The van der Waals surface area contributed by atoms with Gasteiger partial charge >= 0.3 is 6.09 Å². The van der Waals surface area contributed by atoms with Crippen molar-refractivity contribution in [1.29, 1.82) is 0 Å². The molecule has 2 saturated heterocycles. The second-order valence-electron chi connectivity index (χ2n) is 10.2. The second kappa shape index (κ2) is 8.04. The Balaban J connectivity index is 1.65. The minimum absolute atomic E-state index is 0.0484. The van der Waals surface area contributed by atoms with Gasteiger partial charge in [0.1, 0.15) is 5.60 Å². The van der Waals surface area contributed by atoms with Crippen LogP contribution in [-0.2, 0) is 15.1 Å². The van der Waals surface area contributed by atoms with E-state index in [1.165, 1.54) is 0 Å². The van der Waals surface area contributed by atoms with Crippen LogP contribution in [0.25, 0.3) is 0 Å². The fourth-order valence-electron chi connectivity index (χ4n) is 4.48. The van der Waals surface area contributed by atoms with Gasteiger partial charge in [0.05, 0.1) is 11.5 Å². The van der Waals surface area contributed by atoms with E-state index >= 15 is 0 Å². The van der Waals surface area contributed by atoms with E-state index in [0.29, 0.717) is 44.0 Å². The van der Waals surface area contributed by atoms with Crippen LogP contribution >= 0.6 is 11.6 Å². The van der Waals surface area contributed by atoms with Crippen LogP contribution in [0, 0.1) is 11.3 Å². The summed E-state index contributed by atoms with van der Waals surface area (Å²) in [4.78, 5) is 29.0. The molecule has 0 aromatic heterocycles. The SMILES string of the molecule is CC(C)(C)OC(=O)N1CCC(C(=O)N2CC[C@](O)(c3ccc(Cl)cc3)C(C)(C)C2)C1. The molecule has 7 heteroatoms. The van der Waals surface area contributed by atoms with Crippen molar-refractivity contribution in [3.63, 3.8) is 0 Å². The molecular formula is C23H33ClN2O4. The number of halogens is 1. The Morgan fingerprint density at radius 1 is 1.13 bits per heavy atom. The molecule has 2 aliphatic heterocycles. The third kappa shape index (κ3) is 4.59. The van der Waals surface area contributed by atoms with Crippen LogP contribution < -0.4 is 0 Å². The molecule has 2 fully saturated rings. The van der Waals surface area contributed by atoms with Crippen molar-refractivity contribution in [2.45, 2.75) is 58.7 Å². The molecule has 166 valence electrons. The van der Waals surface area contributed by atoms with E-state index in [1.54, 1.807) is 17.0 Å².